The van der Waals surface area contributed by atoms with Gasteiger partial charge in [0.1, 0.15) is 6.04 Å². The average molecular weight is 395 g/mol. The number of carbonyl (C=O) groups excluding carboxylic acids is 1. The molecule has 0 saturated heterocycles. The zero-order valence-electron chi connectivity index (χ0n) is 15.1. The summed E-state index contributed by atoms with van der Waals surface area (Å²) in [7, 11) is -3.64. The smallest absolute Gasteiger partial charge is 0.244 e. The summed E-state index contributed by atoms with van der Waals surface area (Å²) in [5.41, 5.74) is 2.17. The topological polar surface area (TPSA) is 66.5 Å². The summed E-state index contributed by atoms with van der Waals surface area (Å²) >= 11 is 6.11. The van der Waals surface area contributed by atoms with Crippen LogP contribution in [0.25, 0.3) is 0 Å². The fourth-order valence-electron chi connectivity index (χ4n) is 2.77. The summed E-state index contributed by atoms with van der Waals surface area (Å²) in [5.74, 6) is -0.362. The Morgan fingerprint density at radius 3 is 2.46 bits per heavy atom. The van der Waals surface area contributed by atoms with Crippen LogP contribution in [0.3, 0.4) is 0 Å². The van der Waals surface area contributed by atoms with Crippen molar-refractivity contribution in [1.82, 2.24) is 5.32 Å². The van der Waals surface area contributed by atoms with E-state index in [1.807, 2.05) is 31.2 Å². The summed E-state index contributed by atoms with van der Waals surface area (Å²) in [6.07, 6.45) is 1.45. The van der Waals surface area contributed by atoms with Crippen LogP contribution in [0.4, 0.5) is 5.69 Å². The predicted octanol–water partition coefficient (Wildman–Crippen LogP) is 3.51. The van der Waals surface area contributed by atoms with E-state index in [1.165, 1.54) is 4.31 Å². The molecule has 1 N–H and O–H groups in total. The third-order valence-corrected chi connectivity index (χ3v) is 5.55. The molecule has 0 aliphatic heterocycles. The number of nitrogens with one attached hydrogen (secondary N) is 1. The Kier molecular flexibility index (Phi) is 6.67. The van der Waals surface area contributed by atoms with E-state index in [0.717, 1.165) is 17.4 Å². The zero-order valence-corrected chi connectivity index (χ0v) is 16.6. The minimum absolute atomic E-state index is 0.237. The largest absolute Gasteiger partial charge is 0.350 e. The summed E-state index contributed by atoms with van der Waals surface area (Å²) in [6, 6.07) is 13.5. The van der Waals surface area contributed by atoms with Gasteiger partial charge in [-0.15, -0.1) is 0 Å². The zero-order chi connectivity index (χ0) is 19.3. The number of rotatable bonds is 7. The molecule has 0 heterocycles. The molecular formula is C19H23ClN2O3S. The molecule has 0 aromatic heterocycles. The van der Waals surface area contributed by atoms with Gasteiger partial charge in [-0.3, -0.25) is 9.10 Å². The highest BCUT2D eigenvalue weighted by Crippen LogP contribution is 2.23. The van der Waals surface area contributed by atoms with Crippen LogP contribution in [-0.4, -0.2) is 26.6 Å². The van der Waals surface area contributed by atoms with Crippen molar-refractivity contribution in [3.63, 3.8) is 0 Å². The van der Waals surface area contributed by atoms with Crippen molar-refractivity contribution in [2.45, 2.75) is 32.9 Å². The lowest BCUT2D eigenvalue weighted by Crippen LogP contribution is -2.49. The Labute approximate surface area is 160 Å². The van der Waals surface area contributed by atoms with Gasteiger partial charge in [0.15, 0.2) is 0 Å². The first-order valence-corrected chi connectivity index (χ1v) is 10.5. The Morgan fingerprint density at radius 2 is 1.88 bits per heavy atom. The highest BCUT2D eigenvalue weighted by Gasteiger charge is 2.31. The number of anilines is 1. The molecular weight excluding hydrogens is 372 g/mol. The van der Waals surface area contributed by atoms with E-state index in [0.29, 0.717) is 17.1 Å². The molecule has 0 radical (unpaired) electrons. The van der Waals surface area contributed by atoms with E-state index in [4.69, 9.17) is 11.6 Å². The number of hydrogen-bond donors (Lipinski definition) is 1. The number of amides is 1. The molecule has 0 aliphatic carbocycles. The lowest BCUT2D eigenvalue weighted by Gasteiger charge is -2.30. The second kappa shape index (κ2) is 8.56. The van der Waals surface area contributed by atoms with Crippen molar-refractivity contribution < 1.29 is 13.2 Å². The van der Waals surface area contributed by atoms with Crippen molar-refractivity contribution in [3.8, 4) is 0 Å². The second-order valence-electron chi connectivity index (χ2n) is 6.13. The van der Waals surface area contributed by atoms with E-state index >= 15 is 0 Å². The fourth-order valence-corrected chi connectivity index (χ4v) is 4.17. The first-order valence-electron chi connectivity index (χ1n) is 8.31. The molecule has 2 aromatic rings. The number of halogens is 1. The van der Waals surface area contributed by atoms with E-state index in [-0.39, 0.29) is 12.5 Å². The van der Waals surface area contributed by atoms with Gasteiger partial charge in [-0.05, 0) is 42.7 Å². The van der Waals surface area contributed by atoms with Crippen molar-refractivity contribution in [3.05, 3.63) is 64.7 Å². The van der Waals surface area contributed by atoms with Gasteiger partial charge in [-0.2, -0.15) is 0 Å². The Hall–Kier alpha value is -2.05. The van der Waals surface area contributed by atoms with E-state index < -0.39 is 16.1 Å². The van der Waals surface area contributed by atoms with Crippen molar-refractivity contribution in [2.24, 2.45) is 0 Å². The maximum atomic E-state index is 12.7. The van der Waals surface area contributed by atoms with Crippen molar-refractivity contribution in [1.29, 1.82) is 0 Å². The number of carbonyl (C=O) groups is 1. The van der Waals surface area contributed by atoms with Crippen LogP contribution in [0.2, 0.25) is 5.02 Å². The maximum Gasteiger partial charge on any atom is 0.244 e. The second-order valence-corrected chi connectivity index (χ2v) is 8.40. The van der Waals surface area contributed by atoms with E-state index in [9.17, 15) is 13.2 Å². The lowest BCUT2D eigenvalue weighted by molar-refractivity contribution is -0.122. The van der Waals surface area contributed by atoms with Crippen LogP contribution in [0.1, 0.15) is 24.5 Å². The molecule has 5 nitrogen and oxygen atoms in total. The monoisotopic (exact) mass is 394 g/mol. The highest BCUT2D eigenvalue weighted by molar-refractivity contribution is 7.92. The normalized spacial score (nSPS) is 12.5. The van der Waals surface area contributed by atoms with Gasteiger partial charge in [0, 0.05) is 11.6 Å². The van der Waals surface area contributed by atoms with Crippen LogP contribution in [-0.2, 0) is 21.4 Å². The molecule has 140 valence electrons. The quantitative estimate of drug-likeness (QED) is 0.781. The highest BCUT2D eigenvalue weighted by atomic mass is 35.5. The fraction of sp³-hybridized carbons (Fsp3) is 0.316. The predicted molar refractivity (Wildman–Crippen MR) is 106 cm³/mol. The SMILES string of the molecule is CC[C@H](C(=O)NCc1ccccc1Cl)N(c1cccc(C)c1)S(C)(=O)=O. The summed E-state index contributed by atoms with van der Waals surface area (Å²) in [5, 5.41) is 3.35. The van der Waals surface area contributed by atoms with Crippen LogP contribution in [0.5, 0.6) is 0 Å². The van der Waals surface area contributed by atoms with Crippen LogP contribution < -0.4 is 9.62 Å². The van der Waals surface area contributed by atoms with Crippen LogP contribution >= 0.6 is 11.6 Å². The minimum atomic E-state index is -3.64. The van der Waals surface area contributed by atoms with Crippen molar-refractivity contribution >= 4 is 33.2 Å². The van der Waals surface area contributed by atoms with E-state index in [2.05, 4.69) is 5.32 Å². The third-order valence-electron chi connectivity index (χ3n) is 4.00. The molecule has 7 heteroatoms. The Balaban J connectivity index is 2.27. The van der Waals surface area contributed by atoms with Gasteiger partial charge in [-0.25, -0.2) is 8.42 Å². The van der Waals surface area contributed by atoms with Gasteiger partial charge in [-0.1, -0.05) is 48.9 Å². The molecule has 1 atom stereocenters. The van der Waals surface area contributed by atoms with Gasteiger partial charge in [0.05, 0.1) is 11.9 Å². The molecule has 2 rings (SSSR count). The standard InChI is InChI=1S/C19H23ClN2O3S/c1-4-18(19(23)21-13-15-9-5-6-11-17(15)20)22(26(3,24)25)16-10-7-8-14(2)12-16/h5-12,18H,4,13H2,1-3H3,(H,21,23)/t18-/m1/s1. The molecule has 26 heavy (non-hydrogen) atoms. The number of sulfonamides is 1. The molecule has 0 aliphatic rings. The lowest BCUT2D eigenvalue weighted by atomic mass is 10.1. The van der Waals surface area contributed by atoms with Crippen molar-refractivity contribution in [2.75, 3.05) is 10.6 Å². The Bertz CT molecular complexity index is 884. The molecule has 0 bridgehead atoms. The first-order chi connectivity index (χ1) is 12.2. The minimum Gasteiger partial charge on any atom is -0.350 e. The summed E-state index contributed by atoms with van der Waals surface area (Å²) < 4.78 is 26.0. The molecule has 0 unspecified atom stereocenters. The van der Waals surface area contributed by atoms with Gasteiger partial charge in [0.25, 0.3) is 0 Å². The molecule has 0 saturated carbocycles. The molecule has 1 amide bonds. The number of nitrogens with zero attached hydrogens (tertiary/aromatic N) is 1. The molecule has 0 fully saturated rings. The number of hydrogen-bond acceptors (Lipinski definition) is 3. The van der Waals surface area contributed by atoms with Gasteiger partial charge < -0.3 is 5.32 Å². The average Bonchev–Trinajstić information content (AvgIpc) is 2.57. The maximum absolute atomic E-state index is 12.7. The Morgan fingerprint density at radius 1 is 1.19 bits per heavy atom. The molecule has 2 aromatic carbocycles. The summed E-state index contributed by atoms with van der Waals surface area (Å²) in [4.78, 5) is 12.7. The number of aryl methyl sites for hydroxylation is 1. The van der Waals surface area contributed by atoms with Crippen LogP contribution in [0, 0.1) is 6.92 Å². The number of benzene rings is 2. The summed E-state index contributed by atoms with van der Waals surface area (Å²) in [6.45, 7) is 3.90. The first kappa shape index (κ1) is 20.3. The third kappa shape index (κ3) is 4.99. The van der Waals surface area contributed by atoms with Crippen LogP contribution in [0.15, 0.2) is 48.5 Å². The van der Waals surface area contributed by atoms with Gasteiger partial charge >= 0.3 is 0 Å². The van der Waals surface area contributed by atoms with E-state index in [1.54, 1.807) is 31.2 Å². The van der Waals surface area contributed by atoms with Gasteiger partial charge in [0.2, 0.25) is 15.9 Å². The molecule has 0 spiro atoms.